The summed E-state index contributed by atoms with van der Waals surface area (Å²) in [6, 6.07) is 0. The summed E-state index contributed by atoms with van der Waals surface area (Å²) >= 11 is 0. The summed E-state index contributed by atoms with van der Waals surface area (Å²) in [6.45, 7) is 24.4. The predicted octanol–water partition coefficient (Wildman–Crippen LogP) is 8.72. The molecule has 0 aromatic rings. The molecule has 0 N–H and O–H groups in total. The van der Waals surface area contributed by atoms with Gasteiger partial charge in [-0.15, -0.1) is 0 Å². The number of hydrogen-bond donors (Lipinski definition) is 0. The molecule has 10 heteroatoms. The topological polar surface area (TPSA) is 55.4 Å². The minimum atomic E-state index is 0. The Morgan fingerprint density at radius 1 is 0.481 bits per heavy atom. The molecule has 12 aliphatic rings. The van der Waals surface area contributed by atoms with Crippen LogP contribution in [0.2, 0.25) is 0 Å². The van der Waals surface area contributed by atoms with Crippen molar-refractivity contribution in [2.24, 2.45) is 82.9 Å². The zero-order valence-corrected chi connectivity index (χ0v) is 42.3. The Balaban J connectivity index is 0.000000209. The maximum atomic E-state index is 10.6. The zero-order chi connectivity index (χ0) is 33.9. The van der Waals surface area contributed by atoms with Crippen molar-refractivity contribution < 1.29 is 104 Å². The van der Waals surface area contributed by atoms with Crippen molar-refractivity contribution in [1.82, 2.24) is 0 Å². The third-order valence-electron chi connectivity index (χ3n) is 14.3. The molecule has 6 unspecified atom stereocenters. The van der Waals surface area contributed by atoms with E-state index in [2.05, 4.69) is 41.5 Å². The minimum Gasteiger partial charge on any atom is -0.459 e. The Labute approximate surface area is 368 Å². The molecule has 301 valence electrons. The van der Waals surface area contributed by atoms with Crippen LogP contribution in [0.1, 0.15) is 93.4 Å². The molecule has 1 radical (unpaired) electrons. The van der Waals surface area contributed by atoms with E-state index >= 15 is 0 Å². The van der Waals surface area contributed by atoms with Gasteiger partial charge in [-0.05, 0) is 121 Å². The molecule has 0 spiro atoms. The van der Waals surface area contributed by atoms with E-state index in [1.165, 1.54) is 38.5 Å². The van der Waals surface area contributed by atoms with Crippen LogP contribution in [0, 0.1) is 128 Å². The van der Waals surface area contributed by atoms with E-state index in [-0.39, 0.29) is 78.2 Å². The fourth-order valence-corrected chi connectivity index (χ4v) is 9.64. The largest absolute Gasteiger partial charge is 0.459 e. The second kappa shape index (κ2) is 23.6. The fourth-order valence-electron chi connectivity index (χ4n) is 9.64. The normalized spacial score (nSPS) is 47.5. The van der Waals surface area contributed by atoms with Gasteiger partial charge < -0.3 is 40.2 Å². The van der Waals surface area contributed by atoms with Crippen molar-refractivity contribution in [3.8, 4) is 0 Å². The monoisotopic (exact) mass is 1170 g/mol. The number of ether oxygens (including phenoxy) is 6. The van der Waals surface area contributed by atoms with Crippen LogP contribution in [0.5, 0.6) is 0 Å². The smallest absolute Gasteiger partial charge is 0.0636 e. The molecule has 6 saturated carbocycles. The van der Waals surface area contributed by atoms with E-state index in [1.807, 2.05) is 0 Å². The van der Waals surface area contributed by atoms with Gasteiger partial charge in [0.2, 0.25) is 0 Å². The second-order valence-electron chi connectivity index (χ2n) is 17.3. The quantitative estimate of drug-likeness (QED) is 0.245. The van der Waals surface area contributed by atoms with Crippen molar-refractivity contribution >= 4 is 0 Å². The first-order valence-corrected chi connectivity index (χ1v) is 20.3. The minimum absolute atomic E-state index is 0. The molecular weight excluding hydrogens is 1090 g/mol. The van der Waals surface area contributed by atoms with Crippen molar-refractivity contribution in [1.29, 1.82) is 0 Å². The Morgan fingerprint density at radius 2 is 0.750 bits per heavy atom. The zero-order valence-electron chi connectivity index (χ0n) is 33.8. The molecule has 6 saturated heterocycles. The van der Waals surface area contributed by atoms with Crippen molar-refractivity contribution in [3.63, 3.8) is 0 Å². The average molecular weight is 1170 g/mol. The van der Waals surface area contributed by atoms with E-state index < -0.39 is 0 Å². The third kappa shape index (κ3) is 13.3. The van der Waals surface area contributed by atoms with Gasteiger partial charge in [0.1, 0.15) is 0 Å². The van der Waals surface area contributed by atoms with Gasteiger partial charge in [0.05, 0.1) is 50.8 Å². The van der Waals surface area contributed by atoms with Gasteiger partial charge in [-0.3, -0.25) is 0 Å². The van der Waals surface area contributed by atoms with Gasteiger partial charge >= 0.3 is 0 Å². The second-order valence-corrected chi connectivity index (χ2v) is 17.3. The van der Waals surface area contributed by atoms with Crippen LogP contribution in [-0.2, 0) is 68.0 Å². The first kappa shape index (κ1) is 50.2. The van der Waals surface area contributed by atoms with E-state index in [9.17, 15) is 4.39 Å². The van der Waals surface area contributed by atoms with Gasteiger partial charge in [-0.2, -0.15) is 13.1 Å². The third-order valence-corrected chi connectivity index (χ3v) is 14.3. The van der Waals surface area contributed by atoms with Crippen LogP contribution in [0.15, 0.2) is 0 Å². The number of hydrogen-bond acceptors (Lipinski definition) is 6. The molecule has 6 nitrogen and oxygen atoms in total. The molecule has 12 rings (SSSR count). The molecular formula is C42H73FO6UVW-2. The maximum absolute atomic E-state index is 10.6. The van der Waals surface area contributed by atoms with Crippen LogP contribution in [-0.4, -0.2) is 77.3 Å². The van der Waals surface area contributed by atoms with Gasteiger partial charge in [-0.1, -0.05) is 48.5 Å². The number of fused-ring (bicyclic) bond motifs is 6. The summed E-state index contributed by atoms with van der Waals surface area (Å²) in [5.74, 6) is 13.2. The van der Waals surface area contributed by atoms with Crippen LogP contribution in [0.4, 0.5) is 4.39 Å². The van der Waals surface area contributed by atoms with Crippen molar-refractivity contribution in [2.75, 3.05) is 52.9 Å². The molecule has 6 heterocycles. The van der Waals surface area contributed by atoms with E-state index in [0.29, 0.717) is 37.5 Å². The van der Waals surface area contributed by atoms with E-state index in [0.717, 1.165) is 136 Å². The Morgan fingerprint density at radius 3 is 0.885 bits per heavy atom. The molecule has 12 fully saturated rings. The first-order chi connectivity index (χ1) is 23.3. The van der Waals surface area contributed by atoms with E-state index in [1.54, 1.807) is 6.92 Å². The molecule has 0 aromatic carbocycles. The van der Waals surface area contributed by atoms with Crippen LogP contribution in [0.3, 0.4) is 0 Å². The molecule has 18 atom stereocenters. The van der Waals surface area contributed by atoms with Crippen molar-refractivity contribution in [3.05, 3.63) is 14.1 Å². The van der Waals surface area contributed by atoms with Crippen molar-refractivity contribution in [2.45, 2.75) is 118 Å². The van der Waals surface area contributed by atoms with Gasteiger partial charge in [0.25, 0.3) is 0 Å². The molecule has 6 aliphatic heterocycles. The number of rotatable bonds is 1. The first-order valence-electron chi connectivity index (χ1n) is 20.3. The Kier molecular flexibility index (Phi) is 22.7. The molecule has 6 aliphatic carbocycles. The molecule has 52 heavy (non-hydrogen) atoms. The standard InChI is InChI=1S/2C7H12O.4C6H10O.C3H6F.CH3.U.V.W/c2*1-5-6-3-2-4-8-7(5)6;2*1-4-5-2-7-3-6(4)5;2*1-4-5-2-3-7-6(4)5;1-2-3-4;;;;/h2*5-7H,2-4H2,1H3;4*4-6H,2-3H2,1H3;3H,2H2,1H3;1H3;;;/q;;;;;;2*-1;;;/t2*5?,6-,7+;4*4?,5-,6+;;;;;/m11..11...../s1. The average Bonchev–Trinajstić information content (AvgIpc) is 4.08. The maximum Gasteiger partial charge on any atom is 0.0636 e. The fraction of sp³-hybridized carbons (Fsp3) is 0.952. The summed E-state index contributed by atoms with van der Waals surface area (Å²) < 4.78 is 42.6. The molecule has 0 amide bonds. The Bertz CT molecular complexity index is 816. The van der Waals surface area contributed by atoms with E-state index in [4.69, 9.17) is 28.4 Å². The summed E-state index contributed by atoms with van der Waals surface area (Å²) in [5, 5.41) is 0. The van der Waals surface area contributed by atoms with Crippen LogP contribution >= 0.6 is 0 Å². The summed E-state index contributed by atoms with van der Waals surface area (Å²) in [7, 11) is 0. The predicted molar refractivity (Wildman–Crippen MR) is 193 cm³/mol. The van der Waals surface area contributed by atoms with Gasteiger partial charge in [0, 0.05) is 97.2 Å². The van der Waals surface area contributed by atoms with Crippen LogP contribution in [0.25, 0.3) is 0 Å². The van der Waals surface area contributed by atoms with Gasteiger partial charge in [0.15, 0.2) is 0 Å². The number of halogens is 1. The SMILES string of the molecule is CC1[C@H]2CCCO[C@@H]12.CC1[C@H]2CCCO[C@@H]12.CC1[C@H]2CCO[C@@H]12.CC1[C@H]2CCO[C@@H]12.CC1[C@H]2COC[C@@H]12.CC1[C@H]2COC[C@@H]12.CC[CH-]F.[CH3-].[U].[V].[W]. The molecule has 0 bridgehead atoms. The summed E-state index contributed by atoms with van der Waals surface area (Å²) in [5.41, 5.74) is 0. The summed E-state index contributed by atoms with van der Waals surface area (Å²) in [6.07, 6.45) is 11.3. The summed E-state index contributed by atoms with van der Waals surface area (Å²) in [4.78, 5) is 0. The van der Waals surface area contributed by atoms with Crippen LogP contribution < -0.4 is 0 Å². The molecule has 0 aromatic heterocycles. The van der Waals surface area contributed by atoms with Gasteiger partial charge in [-0.25, -0.2) is 0 Å². The Hall–Kier alpha value is 2.01.